The minimum Gasteiger partial charge on any atom is -0.256 e. The molecule has 0 aliphatic carbocycles. The molecule has 14 heavy (non-hydrogen) atoms. The summed E-state index contributed by atoms with van der Waals surface area (Å²) in [4.78, 5) is 4.37. The Bertz CT molecular complexity index is 386. The van der Waals surface area contributed by atoms with E-state index in [1.807, 2.05) is 12.3 Å². The molecular weight excluding hydrogens is 170 g/mol. The number of aliphatic imine (C=N–C) groups is 1. The number of para-hydroxylation sites is 1. The molecule has 0 saturated carbocycles. The summed E-state index contributed by atoms with van der Waals surface area (Å²) in [5, 5.41) is 0. The second-order valence-electron chi connectivity index (χ2n) is 4.06. The molecule has 0 unspecified atom stereocenters. The van der Waals surface area contributed by atoms with E-state index in [-0.39, 0.29) is 0 Å². The van der Waals surface area contributed by atoms with Crippen LogP contribution in [0, 0.1) is 5.92 Å². The molecule has 0 radical (unpaired) electrons. The smallest absolute Gasteiger partial charge is 0.0708 e. The number of hydrogen-bond donors (Lipinski definition) is 0. The van der Waals surface area contributed by atoms with E-state index in [9.17, 15) is 0 Å². The minimum absolute atomic E-state index is 0.712. The van der Waals surface area contributed by atoms with Crippen molar-refractivity contribution in [3.8, 4) is 0 Å². The Balaban J connectivity index is 2.26. The van der Waals surface area contributed by atoms with Crippen LogP contribution in [0.1, 0.15) is 25.8 Å². The molecule has 0 fully saturated rings. The lowest BCUT2D eigenvalue weighted by atomic mass is 10.0. The average Bonchev–Trinajstić information content (AvgIpc) is 2.58. The van der Waals surface area contributed by atoms with Crippen LogP contribution in [-0.4, -0.2) is 6.21 Å². The molecule has 72 valence electrons. The van der Waals surface area contributed by atoms with Gasteiger partial charge in [0.05, 0.1) is 5.69 Å². The van der Waals surface area contributed by atoms with Crippen LogP contribution in [0.5, 0.6) is 0 Å². The van der Waals surface area contributed by atoms with Crippen molar-refractivity contribution in [3.05, 3.63) is 35.9 Å². The van der Waals surface area contributed by atoms with E-state index in [1.54, 1.807) is 0 Å². The van der Waals surface area contributed by atoms with E-state index in [0.717, 1.165) is 12.1 Å². The van der Waals surface area contributed by atoms with Crippen molar-refractivity contribution < 1.29 is 0 Å². The molecule has 1 aromatic carbocycles. The first kappa shape index (κ1) is 9.20. The first-order chi connectivity index (χ1) is 6.77. The Hall–Kier alpha value is -1.37. The highest BCUT2D eigenvalue weighted by molar-refractivity contribution is 6.16. The molecule has 0 aromatic heterocycles. The number of fused-ring (bicyclic) bond motifs is 1. The van der Waals surface area contributed by atoms with Gasteiger partial charge in [-0.1, -0.05) is 38.1 Å². The highest BCUT2D eigenvalue weighted by Gasteiger charge is 2.09. The number of hydrogen-bond acceptors (Lipinski definition) is 1. The van der Waals surface area contributed by atoms with Crippen molar-refractivity contribution in [1.29, 1.82) is 0 Å². The Morgan fingerprint density at radius 3 is 2.86 bits per heavy atom. The minimum atomic E-state index is 0.712. The van der Waals surface area contributed by atoms with Crippen LogP contribution >= 0.6 is 0 Å². The van der Waals surface area contributed by atoms with Crippen molar-refractivity contribution in [2.24, 2.45) is 10.9 Å². The predicted octanol–water partition coefficient (Wildman–Crippen LogP) is 3.83. The summed E-state index contributed by atoms with van der Waals surface area (Å²) >= 11 is 0. The fraction of sp³-hybridized carbons (Fsp3) is 0.308. The van der Waals surface area contributed by atoms with Crippen LogP contribution in [0.2, 0.25) is 0 Å². The summed E-state index contributed by atoms with van der Waals surface area (Å²) in [6.45, 7) is 4.46. The summed E-state index contributed by atoms with van der Waals surface area (Å²) in [5.74, 6) is 0.712. The van der Waals surface area contributed by atoms with Gasteiger partial charge in [0.25, 0.3) is 0 Å². The number of benzene rings is 1. The molecule has 0 atom stereocenters. The fourth-order valence-corrected chi connectivity index (χ4v) is 1.56. The maximum Gasteiger partial charge on any atom is 0.0708 e. The molecule has 0 N–H and O–H groups in total. The van der Waals surface area contributed by atoms with Gasteiger partial charge in [-0.05, 0) is 24.0 Å². The third kappa shape index (κ3) is 1.77. The second kappa shape index (κ2) is 3.79. The lowest BCUT2D eigenvalue weighted by Gasteiger charge is -2.01. The zero-order valence-electron chi connectivity index (χ0n) is 8.70. The summed E-state index contributed by atoms with van der Waals surface area (Å²) in [6.07, 6.45) is 5.36. The molecule has 0 spiro atoms. The zero-order valence-corrected chi connectivity index (χ0v) is 8.70. The highest BCUT2D eigenvalue weighted by atomic mass is 14.7. The lowest BCUT2D eigenvalue weighted by molar-refractivity contribution is 0.665. The zero-order chi connectivity index (χ0) is 9.97. The van der Waals surface area contributed by atoms with Crippen LogP contribution in [0.15, 0.2) is 35.3 Å². The van der Waals surface area contributed by atoms with Gasteiger partial charge in [0, 0.05) is 11.8 Å². The summed E-state index contributed by atoms with van der Waals surface area (Å²) < 4.78 is 0. The van der Waals surface area contributed by atoms with Crippen LogP contribution in [0.3, 0.4) is 0 Å². The number of rotatable bonds is 2. The van der Waals surface area contributed by atoms with E-state index in [1.165, 1.54) is 11.1 Å². The lowest BCUT2D eigenvalue weighted by Crippen LogP contribution is -1.85. The van der Waals surface area contributed by atoms with Gasteiger partial charge in [0.2, 0.25) is 0 Å². The standard InChI is InChI=1S/C13H15N/c1-10(2)7-8-11-9-14-13-6-4-3-5-12(11)13/h3-6,8-10H,7H2,1-2H3/b11-8+. The average molecular weight is 185 g/mol. The first-order valence-electron chi connectivity index (χ1n) is 5.11. The van der Waals surface area contributed by atoms with Gasteiger partial charge >= 0.3 is 0 Å². The molecule has 1 aromatic rings. The van der Waals surface area contributed by atoms with Crippen LogP contribution in [0.4, 0.5) is 5.69 Å². The topological polar surface area (TPSA) is 12.4 Å². The van der Waals surface area contributed by atoms with Crippen LogP contribution < -0.4 is 0 Å². The van der Waals surface area contributed by atoms with Gasteiger partial charge in [-0.25, -0.2) is 0 Å². The first-order valence-corrected chi connectivity index (χ1v) is 5.11. The van der Waals surface area contributed by atoms with E-state index >= 15 is 0 Å². The Labute approximate surface area is 85.2 Å². The van der Waals surface area contributed by atoms with Gasteiger partial charge in [-0.3, -0.25) is 4.99 Å². The predicted molar refractivity (Wildman–Crippen MR) is 62.0 cm³/mol. The van der Waals surface area contributed by atoms with Crippen molar-refractivity contribution in [2.45, 2.75) is 20.3 Å². The quantitative estimate of drug-likeness (QED) is 0.664. The molecule has 1 heterocycles. The van der Waals surface area contributed by atoms with E-state index < -0.39 is 0 Å². The molecule has 1 aliphatic rings. The molecule has 2 rings (SSSR count). The largest absolute Gasteiger partial charge is 0.256 e. The molecule has 1 aliphatic heterocycles. The number of allylic oxidation sites excluding steroid dienone is 2. The summed E-state index contributed by atoms with van der Waals surface area (Å²) in [5.41, 5.74) is 3.64. The van der Waals surface area contributed by atoms with Crippen molar-refractivity contribution in [2.75, 3.05) is 0 Å². The third-order valence-corrected chi connectivity index (χ3v) is 2.37. The van der Waals surface area contributed by atoms with Gasteiger partial charge in [-0.15, -0.1) is 0 Å². The summed E-state index contributed by atoms with van der Waals surface area (Å²) in [7, 11) is 0. The molecule has 0 amide bonds. The molecule has 1 heteroatoms. The Kier molecular flexibility index (Phi) is 2.49. The Morgan fingerprint density at radius 2 is 2.07 bits per heavy atom. The maximum absolute atomic E-state index is 4.37. The highest BCUT2D eigenvalue weighted by Crippen LogP contribution is 2.31. The monoisotopic (exact) mass is 185 g/mol. The molecular formula is C13H15N. The van der Waals surface area contributed by atoms with Gasteiger partial charge in [0.1, 0.15) is 0 Å². The molecule has 1 nitrogen and oxygen atoms in total. The Morgan fingerprint density at radius 1 is 1.29 bits per heavy atom. The van der Waals surface area contributed by atoms with Gasteiger partial charge in [0.15, 0.2) is 0 Å². The normalized spacial score (nSPS) is 16.6. The summed E-state index contributed by atoms with van der Waals surface area (Å²) in [6, 6.07) is 8.29. The van der Waals surface area contributed by atoms with Crippen molar-refractivity contribution in [1.82, 2.24) is 0 Å². The third-order valence-electron chi connectivity index (χ3n) is 2.37. The van der Waals surface area contributed by atoms with Crippen LogP contribution in [0.25, 0.3) is 5.57 Å². The molecule has 0 bridgehead atoms. The van der Waals surface area contributed by atoms with E-state index in [0.29, 0.717) is 5.92 Å². The maximum atomic E-state index is 4.37. The second-order valence-corrected chi connectivity index (χ2v) is 4.06. The van der Waals surface area contributed by atoms with Gasteiger partial charge in [-0.2, -0.15) is 0 Å². The van der Waals surface area contributed by atoms with Gasteiger partial charge < -0.3 is 0 Å². The van der Waals surface area contributed by atoms with E-state index in [2.05, 4.69) is 43.1 Å². The van der Waals surface area contributed by atoms with Crippen molar-refractivity contribution in [3.63, 3.8) is 0 Å². The number of nitrogens with zero attached hydrogens (tertiary/aromatic N) is 1. The van der Waals surface area contributed by atoms with E-state index in [4.69, 9.17) is 0 Å². The van der Waals surface area contributed by atoms with Crippen molar-refractivity contribution >= 4 is 17.5 Å². The molecule has 0 saturated heterocycles. The van der Waals surface area contributed by atoms with Crippen LogP contribution in [-0.2, 0) is 0 Å². The SMILES string of the molecule is CC(C)C/C=C1\C=Nc2ccccc21. The fourth-order valence-electron chi connectivity index (χ4n) is 1.56.